The molecule has 1 atom stereocenters. The topological polar surface area (TPSA) is 52.8 Å². The maximum absolute atomic E-state index is 13.9. The van der Waals surface area contributed by atoms with Crippen LogP contribution in [0.4, 0.5) is 0 Å². The summed E-state index contributed by atoms with van der Waals surface area (Å²) in [4.78, 5) is 19.7. The summed E-state index contributed by atoms with van der Waals surface area (Å²) in [7, 11) is 1.60. The van der Waals surface area contributed by atoms with Crippen molar-refractivity contribution >= 4 is 34.7 Å². The third-order valence-corrected chi connectivity index (χ3v) is 8.24. The molecule has 38 heavy (non-hydrogen) atoms. The highest BCUT2D eigenvalue weighted by Crippen LogP contribution is 2.42. The smallest absolute Gasteiger partial charge is 0.271 e. The summed E-state index contributed by atoms with van der Waals surface area (Å²) in [6.45, 7) is 4.07. The lowest BCUT2D eigenvalue weighted by Gasteiger charge is -2.31. The molecule has 190 valence electrons. The minimum atomic E-state index is -0.310. The van der Waals surface area contributed by atoms with E-state index >= 15 is 0 Å². The molecule has 6 rings (SSSR count). The fourth-order valence-corrected chi connectivity index (χ4v) is 6.43. The van der Waals surface area contributed by atoms with E-state index in [0.717, 1.165) is 40.8 Å². The molecule has 0 fully saturated rings. The summed E-state index contributed by atoms with van der Waals surface area (Å²) in [6, 6.07) is 21.5. The summed E-state index contributed by atoms with van der Waals surface area (Å²) in [6.07, 6.45) is 5.28. The summed E-state index contributed by atoms with van der Waals surface area (Å²) < 4.78 is 13.6. The molecule has 1 aliphatic carbocycles. The molecule has 7 heteroatoms. The van der Waals surface area contributed by atoms with E-state index in [1.165, 1.54) is 16.9 Å². The Kier molecular flexibility index (Phi) is 6.52. The van der Waals surface area contributed by atoms with E-state index < -0.39 is 0 Å². The van der Waals surface area contributed by atoms with Gasteiger partial charge in [0.05, 0.1) is 23.4 Å². The van der Waals surface area contributed by atoms with Gasteiger partial charge in [0.25, 0.3) is 5.56 Å². The Balaban J connectivity index is 1.55. The van der Waals surface area contributed by atoms with Gasteiger partial charge in [0.1, 0.15) is 6.61 Å². The first kappa shape index (κ1) is 24.5. The van der Waals surface area contributed by atoms with Crippen LogP contribution < -0.4 is 24.4 Å². The number of fused-ring (bicyclic) bond motifs is 3. The zero-order chi connectivity index (χ0) is 26.2. The molecule has 0 radical (unpaired) electrons. The Hall–Kier alpha value is -3.87. The highest BCUT2D eigenvalue weighted by atomic mass is 35.5. The molecule has 3 aromatic carbocycles. The van der Waals surface area contributed by atoms with Crippen molar-refractivity contribution in [2.24, 2.45) is 4.99 Å². The Labute approximate surface area is 229 Å². The zero-order valence-corrected chi connectivity index (χ0v) is 22.4. The lowest BCUT2D eigenvalue weighted by atomic mass is 9.83. The average Bonchev–Trinajstić information content (AvgIpc) is 3.25. The van der Waals surface area contributed by atoms with E-state index in [-0.39, 0.29) is 11.6 Å². The van der Waals surface area contributed by atoms with Gasteiger partial charge in [-0.15, -0.1) is 0 Å². The second kappa shape index (κ2) is 10.1. The number of aryl methyl sites for hydroxylation is 1. The number of methoxy groups -OCH3 is 1. The molecule has 0 saturated heterocycles. The predicted molar refractivity (Wildman–Crippen MR) is 153 cm³/mol. The maximum Gasteiger partial charge on any atom is 0.271 e. The summed E-state index contributed by atoms with van der Waals surface area (Å²) in [5.41, 5.74) is 6.14. The third kappa shape index (κ3) is 4.20. The zero-order valence-electron chi connectivity index (χ0n) is 20.8. The fourth-order valence-electron chi connectivity index (χ4n) is 5.19. The summed E-state index contributed by atoms with van der Waals surface area (Å²) in [5.74, 6) is 1.21. The molecule has 5 nitrogen and oxygen atoms in total. The molecule has 0 bridgehead atoms. The minimum Gasteiger partial charge on any atom is -0.493 e. The van der Waals surface area contributed by atoms with Crippen molar-refractivity contribution in [3.8, 4) is 11.5 Å². The van der Waals surface area contributed by atoms with Crippen LogP contribution in [0.15, 0.2) is 94.7 Å². The van der Waals surface area contributed by atoms with Crippen LogP contribution in [0.5, 0.6) is 11.5 Å². The van der Waals surface area contributed by atoms with E-state index in [1.54, 1.807) is 13.2 Å². The summed E-state index contributed by atoms with van der Waals surface area (Å²) >= 11 is 8.11. The molecule has 0 spiro atoms. The van der Waals surface area contributed by atoms with E-state index in [1.807, 2.05) is 59.2 Å². The molecule has 0 saturated carbocycles. The van der Waals surface area contributed by atoms with Crippen LogP contribution >= 0.6 is 22.9 Å². The highest BCUT2D eigenvalue weighted by Gasteiger charge is 2.33. The first-order valence-electron chi connectivity index (χ1n) is 12.4. The Morgan fingerprint density at radius 1 is 1.11 bits per heavy atom. The van der Waals surface area contributed by atoms with Crippen LogP contribution in [-0.2, 0) is 6.42 Å². The molecular weight excluding hydrogens is 516 g/mol. The van der Waals surface area contributed by atoms with Gasteiger partial charge in [-0.1, -0.05) is 84.1 Å². The second-order valence-corrected chi connectivity index (χ2v) is 10.6. The van der Waals surface area contributed by atoms with E-state index in [9.17, 15) is 4.79 Å². The van der Waals surface area contributed by atoms with Crippen LogP contribution in [0.1, 0.15) is 34.7 Å². The van der Waals surface area contributed by atoms with Gasteiger partial charge < -0.3 is 9.47 Å². The SMILES string of the molecule is C=CCOc1ccc(C=c2sc3n(c2=O)C(c2ccccc2Cl)C2=C(N=3)c3ccccc3CC2)cc1OC. The van der Waals surface area contributed by atoms with E-state index in [2.05, 4.69) is 24.8 Å². The number of benzene rings is 3. The first-order valence-corrected chi connectivity index (χ1v) is 13.6. The van der Waals surface area contributed by atoms with Crippen molar-refractivity contribution in [2.75, 3.05) is 13.7 Å². The van der Waals surface area contributed by atoms with Crippen LogP contribution in [0, 0.1) is 0 Å². The molecule has 2 aliphatic rings. The fraction of sp³-hybridized carbons (Fsp3) is 0.161. The molecule has 1 aromatic heterocycles. The number of nitrogens with zero attached hydrogens (tertiary/aromatic N) is 2. The Bertz CT molecular complexity index is 1780. The van der Waals surface area contributed by atoms with E-state index in [4.69, 9.17) is 26.1 Å². The number of rotatable bonds is 6. The number of thiazole rings is 1. The Morgan fingerprint density at radius 2 is 1.92 bits per heavy atom. The maximum atomic E-state index is 13.9. The molecule has 1 unspecified atom stereocenters. The lowest BCUT2D eigenvalue weighted by molar-refractivity contribution is 0.326. The van der Waals surface area contributed by atoms with Crippen molar-refractivity contribution in [2.45, 2.75) is 18.9 Å². The lowest BCUT2D eigenvalue weighted by Crippen LogP contribution is -2.38. The van der Waals surface area contributed by atoms with E-state index in [0.29, 0.717) is 32.5 Å². The Morgan fingerprint density at radius 3 is 2.74 bits per heavy atom. The number of hydrogen-bond acceptors (Lipinski definition) is 5. The largest absolute Gasteiger partial charge is 0.493 e. The van der Waals surface area contributed by atoms with Gasteiger partial charge in [0, 0.05) is 10.6 Å². The standard InChI is InChI=1S/C31H25ClN2O3S/c1-3-16-37-25-15-12-19(17-26(25)36-2)18-27-30(35)34-29(22-10-6-7-11-24(22)32)23-14-13-20-8-4-5-9-21(20)28(23)33-31(34)38-27/h3-12,15,17-18,29H,1,13-14,16H2,2H3. The number of hydrogen-bond donors (Lipinski definition) is 0. The third-order valence-electron chi connectivity index (χ3n) is 6.91. The van der Waals surface area contributed by atoms with Crippen molar-refractivity contribution in [3.63, 3.8) is 0 Å². The monoisotopic (exact) mass is 540 g/mol. The van der Waals surface area contributed by atoms with Crippen molar-refractivity contribution in [1.82, 2.24) is 4.57 Å². The van der Waals surface area contributed by atoms with Gasteiger partial charge in [0.15, 0.2) is 16.3 Å². The number of aromatic nitrogens is 1. The van der Waals surface area contributed by atoms with Gasteiger partial charge >= 0.3 is 0 Å². The number of ether oxygens (including phenoxy) is 2. The average molecular weight is 541 g/mol. The van der Waals surface area contributed by atoms with Crippen molar-refractivity contribution in [1.29, 1.82) is 0 Å². The molecule has 0 amide bonds. The number of allylic oxidation sites excluding steroid dienone is 1. The predicted octanol–water partition coefficient (Wildman–Crippen LogP) is 5.55. The van der Waals surface area contributed by atoms with Crippen LogP contribution in [-0.4, -0.2) is 18.3 Å². The normalized spacial score (nSPS) is 16.3. The summed E-state index contributed by atoms with van der Waals surface area (Å²) in [5, 5.41) is 0.638. The second-order valence-electron chi connectivity index (χ2n) is 9.15. The van der Waals surface area contributed by atoms with Crippen molar-refractivity contribution in [3.05, 3.63) is 132 Å². The number of halogens is 1. The van der Waals surface area contributed by atoms with Crippen molar-refractivity contribution < 1.29 is 9.47 Å². The van der Waals surface area contributed by atoms with Crippen LogP contribution in [0.2, 0.25) is 5.02 Å². The molecule has 4 aromatic rings. The molecule has 0 N–H and O–H groups in total. The minimum absolute atomic E-state index is 0.0879. The quantitative estimate of drug-likeness (QED) is 0.301. The van der Waals surface area contributed by atoms with Crippen LogP contribution in [0.25, 0.3) is 11.8 Å². The molecule has 2 heterocycles. The van der Waals surface area contributed by atoms with Gasteiger partial charge in [-0.3, -0.25) is 9.36 Å². The first-order chi connectivity index (χ1) is 18.6. The van der Waals surface area contributed by atoms with Gasteiger partial charge in [-0.05, 0) is 59.4 Å². The van der Waals surface area contributed by atoms with Crippen LogP contribution in [0.3, 0.4) is 0 Å². The molecular formula is C31H25ClN2O3S. The molecule has 1 aliphatic heterocycles. The van der Waals surface area contributed by atoms with Gasteiger partial charge in [0.2, 0.25) is 0 Å². The van der Waals surface area contributed by atoms with Gasteiger partial charge in [-0.2, -0.15) is 0 Å². The van der Waals surface area contributed by atoms with Gasteiger partial charge in [-0.25, -0.2) is 4.99 Å². The highest BCUT2D eigenvalue weighted by molar-refractivity contribution is 7.07.